The highest BCUT2D eigenvalue weighted by atomic mass is 16.7. The predicted octanol–water partition coefficient (Wildman–Crippen LogP) is 4.87. The average Bonchev–Trinajstić information content (AvgIpc) is 2.94. The number of ether oxygens (including phenoxy) is 2. The van der Waals surface area contributed by atoms with E-state index in [2.05, 4.69) is 46.1 Å². The van der Waals surface area contributed by atoms with E-state index in [1.807, 2.05) is 6.08 Å². The monoisotopic (exact) mass is 337 g/mol. The van der Waals surface area contributed by atoms with Crippen LogP contribution in [0.5, 0.6) is 0 Å². The second-order valence-electron chi connectivity index (χ2n) is 8.68. The lowest BCUT2D eigenvalue weighted by Gasteiger charge is -2.44. The topological polar surface area (TPSA) is 21.7 Å². The summed E-state index contributed by atoms with van der Waals surface area (Å²) in [7, 11) is 0. The fourth-order valence-corrected chi connectivity index (χ4v) is 4.18. The minimum Gasteiger partial charge on any atom is -0.347 e. The number of hydrogen-bond acceptors (Lipinski definition) is 3. The lowest BCUT2D eigenvalue weighted by molar-refractivity contribution is -0.198. The van der Waals surface area contributed by atoms with Crippen molar-refractivity contribution in [3.8, 4) is 0 Å². The summed E-state index contributed by atoms with van der Waals surface area (Å²) in [6, 6.07) is 0. The predicted molar refractivity (Wildman–Crippen MR) is 101 cm³/mol. The van der Waals surface area contributed by atoms with Gasteiger partial charge >= 0.3 is 0 Å². The van der Waals surface area contributed by atoms with E-state index < -0.39 is 0 Å². The van der Waals surface area contributed by atoms with E-state index in [9.17, 15) is 0 Å². The van der Waals surface area contributed by atoms with Gasteiger partial charge in [0.2, 0.25) is 0 Å². The molecule has 1 unspecified atom stereocenters. The van der Waals surface area contributed by atoms with Gasteiger partial charge in [-0.05, 0) is 43.1 Å². The number of hydrogen-bond donors (Lipinski definition) is 0. The molecule has 3 nitrogen and oxygen atoms in total. The van der Waals surface area contributed by atoms with E-state index in [-0.39, 0.29) is 11.9 Å². The smallest absolute Gasteiger partial charge is 0.168 e. The van der Waals surface area contributed by atoms with Crippen molar-refractivity contribution in [2.45, 2.75) is 78.6 Å². The van der Waals surface area contributed by atoms with Crippen molar-refractivity contribution in [3.63, 3.8) is 0 Å². The Morgan fingerprint density at radius 3 is 2.50 bits per heavy atom. The molecular formula is C21H39NO2. The SMILES string of the molecule is C=CCN(CC)CCC1COC2(CCC(C(C)(C)C(C)C)CC2)O1. The van der Waals surface area contributed by atoms with Gasteiger partial charge in [0.1, 0.15) is 0 Å². The first-order valence-electron chi connectivity index (χ1n) is 9.98. The molecule has 0 aromatic rings. The van der Waals surface area contributed by atoms with Crippen LogP contribution in [0.1, 0.15) is 66.7 Å². The van der Waals surface area contributed by atoms with E-state index in [1.165, 1.54) is 12.8 Å². The summed E-state index contributed by atoms with van der Waals surface area (Å²) in [6.45, 7) is 19.5. The normalized spacial score (nSPS) is 31.3. The van der Waals surface area contributed by atoms with Gasteiger partial charge < -0.3 is 9.47 Å². The Bertz CT molecular complexity index is 397. The summed E-state index contributed by atoms with van der Waals surface area (Å²) in [5.74, 6) is 1.24. The third-order valence-corrected chi connectivity index (χ3v) is 6.80. The van der Waals surface area contributed by atoms with Gasteiger partial charge in [-0.15, -0.1) is 6.58 Å². The second-order valence-corrected chi connectivity index (χ2v) is 8.68. The Morgan fingerprint density at radius 2 is 1.96 bits per heavy atom. The molecule has 0 aromatic heterocycles. The van der Waals surface area contributed by atoms with E-state index in [1.54, 1.807) is 0 Å². The summed E-state index contributed by atoms with van der Waals surface area (Å²) >= 11 is 0. The highest BCUT2D eigenvalue weighted by Crippen LogP contribution is 2.48. The quantitative estimate of drug-likeness (QED) is 0.590. The molecule has 1 spiro atoms. The first-order chi connectivity index (χ1) is 11.3. The zero-order valence-electron chi connectivity index (χ0n) is 16.6. The van der Waals surface area contributed by atoms with Crippen LogP contribution in [0.15, 0.2) is 12.7 Å². The van der Waals surface area contributed by atoms with E-state index in [0.29, 0.717) is 5.41 Å². The van der Waals surface area contributed by atoms with Gasteiger partial charge in [0.25, 0.3) is 0 Å². The van der Waals surface area contributed by atoms with Gasteiger partial charge in [-0.25, -0.2) is 0 Å². The van der Waals surface area contributed by atoms with Crippen molar-refractivity contribution in [3.05, 3.63) is 12.7 Å². The van der Waals surface area contributed by atoms with Crippen molar-refractivity contribution in [1.82, 2.24) is 4.90 Å². The van der Waals surface area contributed by atoms with Gasteiger partial charge in [0.15, 0.2) is 5.79 Å². The number of rotatable bonds is 8. The van der Waals surface area contributed by atoms with Gasteiger partial charge in [0.05, 0.1) is 12.7 Å². The molecule has 0 aromatic carbocycles. The van der Waals surface area contributed by atoms with Gasteiger partial charge in [0, 0.05) is 25.9 Å². The fourth-order valence-electron chi connectivity index (χ4n) is 4.18. The van der Waals surface area contributed by atoms with Gasteiger partial charge in [-0.2, -0.15) is 0 Å². The molecule has 140 valence electrons. The molecule has 1 saturated carbocycles. The number of likely N-dealkylation sites (N-methyl/N-ethyl adjacent to an activating group) is 1. The van der Waals surface area contributed by atoms with Gasteiger partial charge in [-0.1, -0.05) is 40.7 Å². The Hall–Kier alpha value is -0.380. The van der Waals surface area contributed by atoms with Crippen molar-refractivity contribution < 1.29 is 9.47 Å². The fraction of sp³-hybridized carbons (Fsp3) is 0.905. The summed E-state index contributed by atoms with van der Waals surface area (Å²) < 4.78 is 12.6. The van der Waals surface area contributed by atoms with Crippen molar-refractivity contribution >= 4 is 0 Å². The second kappa shape index (κ2) is 8.33. The maximum atomic E-state index is 6.41. The van der Waals surface area contributed by atoms with Gasteiger partial charge in [-0.3, -0.25) is 4.90 Å². The lowest BCUT2D eigenvalue weighted by Crippen LogP contribution is -2.41. The van der Waals surface area contributed by atoms with Crippen molar-refractivity contribution in [1.29, 1.82) is 0 Å². The zero-order chi connectivity index (χ0) is 17.8. The van der Waals surface area contributed by atoms with E-state index >= 15 is 0 Å². The van der Waals surface area contributed by atoms with Crippen LogP contribution < -0.4 is 0 Å². The molecule has 2 rings (SSSR count). The summed E-state index contributed by atoms with van der Waals surface area (Å²) in [5.41, 5.74) is 0.409. The minimum absolute atomic E-state index is 0.263. The molecule has 0 N–H and O–H groups in total. The third-order valence-electron chi connectivity index (χ3n) is 6.80. The van der Waals surface area contributed by atoms with E-state index in [4.69, 9.17) is 9.47 Å². The molecule has 3 heteroatoms. The Balaban J connectivity index is 1.80. The van der Waals surface area contributed by atoms with Crippen LogP contribution in [-0.4, -0.2) is 43.0 Å². The largest absolute Gasteiger partial charge is 0.347 e. The molecule has 2 aliphatic rings. The molecule has 2 fully saturated rings. The number of nitrogens with zero attached hydrogens (tertiary/aromatic N) is 1. The summed E-state index contributed by atoms with van der Waals surface area (Å²) in [5, 5.41) is 0. The third kappa shape index (κ3) is 4.62. The first kappa shape index (κ1) is 19.9. The van der Waals surface area contributed by atoms with Crippen LogP contribution >= 0.6 is 0 Å². The molecule has 0 amide bonds. The van der Waals surface area contributed by atoms with Crippen LogP contribution in [0.25, 0.3) is 0 Å². The zero-order valence-corrected chi connectivity index (χ0v) is 16.6. The Morgan fingerprint density at radius 1 is 1.29 bits per heavy atom. The first-order valence-corrected chi connectivity index (χ1v) is 9.98. The molecule has 1 atom stereocenters. The van der Waals surface area contributed by atoms with Crippen molar-refractivity contribution in [2.75, 3.05) is 26.2 Å². The molecule has 1 aliphatic heterocycles. The van der Waals surface area contributed by atoms with Crippen LogP contribution in [0, 0.1) is 17.3 Å². The maximum Gasteiger partial charge on any atom is 0.168 e. The molecule has 0 radical (unpaired) electrons. The highest BCUT2D eigenvalue weighted by Gasteiger charge is 2.46. The minimum atomic E-state index is -0.274. The molecule has 1 aliphatic carbocycles. The highest BCUT2D eigenvalue weighted by molar-refractivity contribution is 4.91. The van der Waals surface area contributed by atoms with Crippen LogP contribution in [0.4, 0.5) is 0 Å². The van der Waals surface area contributed by atoms with Crippen LogP contribution in [0.2, 0.25) is 0 Å². The summed E-state index contributed by atoms with van der Waals surface area (Å²) in [4.78, 5) is 2.41. The molecule has 24 heavy (non-hydrogen) atoms. The Kier molecular flexibility index (Phi) is 6.92. The van der Waals surface area contributed by atoms with Crippen LogP contribution in [-0.2, 0) is 9.47 Å². The van der Waals surface area contributed by atoms with E-state index in [0.717, 1.165) is 57.3 Å². The summed E-state index contributed by atoms with van der Waals surface area (Å²) in [6.07, 6.45) is 7.89. The van der Waals surface area contributed by atoms with Crippen molar-refractivity contribution in [2.24, 2.45) is 17.3 Å². The molecule has 0 bridgehead atoms. The molecule has 1 saturated heterocycles. The standard InChI is InChI=1S/C21H39NO2/c1-7-14-22(8-2)15-11-19-16-23-21(24-19)12-9-18(10-13-21)20(5,6)17(3)4/h7,17-19H,1,8-16H2,2-6H3. The molecular weight excluding hydrogens is 298 g/mol. The van der Waals surface area contributed by atoms with Crippen LogP contribution in [0.3, 0.4) is 0 Å². The lowest BCUT2D eigenvalue weighted by atomic mass is 9.64. The Labute approximate surface area is 149 Å². The molecule has 1 heterocycles. The maximum absolute atomic E-state index is 6.41. The average molecular weight is 338 g/mol.